The Bertz CT molecular complexity index is 953. The molecule has 0 saturated heterocycles. The molecule has 3 aromatic rings. The molecule has 3 nitrogen and oxygen atoms in total. The Balaban J connectivity index is 1.70. The van der Waals surface area contributed by atoms with Crippen molar-refractivity contribution >= 4 is 10.0 Å². The Morgan fingerprint density at radius 2 is 1.36 bits per heavy atom. The predicted molar refractivity (Wildman–Crippen MR) is 115 cm³/mol. The summed E-state index contributed by atoms with van der Waals surface area (Å²) in [6, 6.07) is 27.2. The van der Waals surface area contributed by atoms with Crippen molar-refractivity contribution in [3.05, 3.63) is 102 Å². The third kappa shape index (κ3) is 6.04. The van der Waals surface area contributed by atoms with E-state index in [0.29, 0.717) is 11.3 Å². The summed E-state index contributed by atoms with van der Waals surface area (Å²) in [6.07, 6.45) is 3.34. The van der Waals surface area contributed by atoms with Crippen LogP contribution in [0.2, 0.25) is 0 Å². The van der Waals surface area contributed by atoms with Crippen molar-refractivity contribution in [2.75, 3.05) is 0 Å². The standard InChI is InChI=1S/C24H27NO2S/c1-20-15-17-24(18-16-20)28(26,27)25-23(19-22-11-6-3-7-12-22)14-8-13-21-9-4-2-5-10-21/h2-7,9-12,15-18,23,25H,8,13-14,19H2,1H3/t23-/m0/s1. The van der Waals surface area contributed by atoms with E-state index in [1.165, 1.54) is 5.56 Å². The summed E-state index contributed by atoms with van der Waals surface area (Å²) in [5.41, 5.74) is 3.46. The van der Waals surface area contributed by atoms with Crippen molar-refractivity contribution in [1.29, 1.82) is 0 Å². The Morgan fingerprint density at radius 3 is 1.96 bits per heavy atom. The molecular formula is C24H27NO2S. The van der Waals surface area contributed by atoms with Crippen LogP contribution in [-0.4, -0.2) is 14.5 Å². The zero-order valence-corrected chi connectivity index (χ0v) is 17.0. The molecule has 28 heavy (non-hydrogen) atoms. The zero-order valence-electron chi connectivity index (χ0n) is 16.2. The minimum Gasteiger partial charge on any atom is -0.208 e. The smallest absolute Gasteiger partial charge is 0.208 e. The summed E-state index contributed by atoms with van der Waals surface area (Å²) in [5.74, 6) is 0. The number of nitrogens with one attached hydrogen (secondary N) is 1. The van der Waals surface area contributed by atoms with Crippen molar-refractivity contribution in [2.45, 2.75) is 43.5 Å². The van der Waals surface area contributed by atoms with Gasteiger partial charge in [-0.25, -0.2) is 13.1 Å². The molecule has 0 unspecified atom stereocenters. The van der Waals surface area contributed by atoms with Gasteiger partial charge in [0.2, 0.25) is 10.0 Å². The van der Waals surface area contributed by atoms with E-state index in [0.717, 1.165) is 30.4 Å². The normalized spacial score (nSPS) is 12.6. The Hall–Kier alpha value is -2.43. The van der Waals surface area contributed by atoms with Gasteiger partial charge < -0.3 is 0 Å². The van der Waals surface area contributed by atoms with Gasteiger partial charge in [0.25, 0.3) is 0 Å². The van der Waals surface area contributed by atoms with Crippen molar-refractivity contribution in [1.82, 2.24) is 4.72 Å². The van der Waals surface area contributed by atoms with E-state index < -0.39 is 10.0 Å². The van der Waals surface area contributed by atoms with Gasteiger partial charge in [-0.15, -0.1) is 0 Å². The molecule has 3 rings (SSSR count). The molecule has 1 atom stereocenters. The van der Waals surface area contributed by atoms with E-state index >= 15 is 0 Å². The molecule has 0 fully saturated rings. The van der Waals surface area contributed by atoms with Crippen LogP contribution in [0.1, 0.15) is 29.5 Å². The SMILES string of the molecule is Cc1ccc(S(=O)(=O)N[C@@H](CCCc2ccccc2)Cc2ccccc2)cc1. The highest BCUT2D eigenvalue weighted by molar-refractivity contribution is 7.89. The summed E-state index contributed by atoms with van der Waals surface area (Å²) in [4.78, 5) is 0.319. The molecule has 0 spiro atoms. The van der Waals surface area contributed by atoms with Crippen LogP contribution >= 0.6 is 0 Å². The van der Waals surface area contributed by atoms with Crippen molar-refractivity contribution in [3.63, 3.8) is 0 Å². The second-order valence-corrected chi connectivity index (χ2v) is 8.91. The molecule has 0 radical (unpaired) electrons. The molecule has 3 aromatic carbocycles. The topological polar surface area (TPSA) is 46.2 Å². The fraction of sp³-hybridized carbons (Fsp3) is 0.250. The minimum absolute atomic E-state index is 0.141. The van der Waals surface area contributed by atoms with Crippen LogP contribution in [0.4, 0.5) is 0 Å². The molecule has 146 valence electrons. The first-order chi connectivity index (χ1) is 13.5. The largest absolute Gasteiger partial charge is 0.240 e. The van der Waals surface area contributed by atoms with Gasteiger partial charge in [-0.2, -0.15) is 0 Å². The lowest BCUT2D eigenvalue weighted by atomic mass is 10.00. The lowest BCUT2D eigenvalue weighted by Crippen LogP contribution is -2.36. The van der Waals surface area contributed by atoms with Gasteiger partial charge in [-0.3, -0.25) is 0 Å². The molecule has 0 aliphatic heterocycles. The van der Waals surface area contributed by atoms with E-state index in [1.54, 1.807) is 12.1 Å². The fourth-order valence-electron chi connectivity index (χ4n) is 3.30. The molecule has 0 aromatic heterocycles. The summed E-state index contributed by atoms with van der Waals surface area (Å²) in [7, 11) is -3.54. The number of hydrogen-bond donors (Lipinski definition) is 1. The van der Waals surface area contributed by atoms with Gasteiger partial charge in [-0.1, -0.05) is 78.4 Å². The van der Waals surface area contributed by atoms with Crippen molar-refractivity contribution < 1.29 is 8.42 Å². The molecule has 0 amide bonds. The van der Waals surface area contributed by atoms with Crippen LogP contribution in [-0.2, 0) is 22.9 Å². The number of hydrogen-bond acceptors (Lipinski definition) is 2. The second-order valence-electron chi connectivity index (χ2n) is 7.20. The molecule has 0 aliphatic carbocycles. The maximum atomic E-state index is 12.9. The lowest BCUT2D eigenvalue weighted by Gasteiger charge is -2.19. The van der Waals surface area contributed by atoms with Gasteiger partial charge in [0.15, 0.2) is 0 Å². The van der Waals surface area contributed by atoms with E-state index in [1.807, 2.05) is 67.6 Å². The summed E-state index contributed by atoms with van der Waals surface area (Å²) in [5, 5.41) is 0. The average Bonchev–Trinajstić information content (AvgIpc) is 2.69. The van der Waals surface area contributed by atoms with Crippen LogP contribution in [0.3, 0.4) is 0 Å². The van der Waals surface area contributed by atoms with Crippen LogP contribution < -0.4 is 4.72 Å². The van der Waals surface area contributed by atoms with Gasteiger partial charge in [-0.05, 0) is 55.9 Å². The van der Waals surface area contributed by atoms with Crippen LogP contribution in [0.5, 0.6) is 0 Å². The number of benzene rings is 3. The monoisotopic (exact) mass is 393 g/mol. The van der Waals surface area contributed by atoms with Gasteiger partial charge >= 0.3 is 0 Å². The lowest BCUT2D eigenvalue weighted by molar-refractivity contribution is 0.511. The van der Waals surface area contributed by atoms with Crippen LogP contribution in [0, 0.1) is 6.92 Å². The molecule has 0 bridgehead atoms. The van der Waals surface area contributed by atoms with Crippen molar-refractivity contribution in [2.24, 2.45) is 0 Å². The fourth-order valence-corrected chi connectivity index (χ4v) is 4.57. The first-order valence-electron chi connectivity index (χ1n) is 9.70. The average molecular weight is 394 g/mol. The predicted octanol–water partition coefficient (Wildman–Crippen LogP) is 4.91. The number of sulfonamides is 1. The third-order valence-corrected chi connectivity index (χ3v) is 6.38. The second kappa shape index (κ2) is 9.67. The maximum absolute atomic E-state index is 12.9. The van der Waals surface area contributed by atoms with Gasteiger partial charge in [0.1, 0.15) is 0 Å². The quantitative estimate of drug-likeness (QED) is 0.562. The molecule has 0 saturated carbocycles. The van der Waals surface area contributed by atoms with Gasteiger partial charge in [0, 0.05) is 6.04 Å². The molecule has 1 N–H and O–H groups in total. The van der Waals surface area contributed by atoms with E-state index in [4.69, 9.17) is 0 Å². The first-order valence-corrected chi connectivity index (χ1v) is 11.2. The highest BCUT2D eigenvalue weighted by Crippen LogP contribution is 2.16. The summed E-state index contributed by atoms with van der Waals surface area (Å²) in [6.45, 7) is 1.95. The maximum Gasteiger partial charge on any atom is 0.240 e. The number of aryl methyl sites for hydroxylation is 2. The molecule has 0 aliphatic rings. The molecule has 0 heterocycles. The zero-order chi connectivity index (χ0) is 19.8. The van der Waals surface area contributed by atoms with E-state index in [2.05, 4.69) is 16.9 Å². The Kier molecular flexibility index (Phi) is 7.01. The van der Waals surface area contributed by atoms with Crippen LogP contribution in [0.25, 0.3) is 0 Å². The van der Waals surface area contributed by atoms with Crippen LogP contribution in [0.15, 0.2) is 89.8 Å². The minimum atomic E-state index is -3.54. The Labute approximate surface area is 168 Å². The summed E-state index contributed by atoms with van der Waals surface area (Å²) < 4.78 is 28.7. The highest BCUT2D eigenvalue weighted by Gasteiger charge is 2.20. The van der Waals surface area contributed by atoms with E-state index in [-0.39, 0.29) is 6.04 Å². The molecule has 4 heteroatoms. The Morgan fingerprint density at radius 1 is 0.786 bits per heavy atom. The number of rotatable bonds is 9. The van der Waals surface area contributed by atoms with Gasteiger partial charge in [0.05, 0.1) is 4.90 Å². The van der Waals surface area contributed by atoms with Crippen molar-refractivity contribution in [3.8, 4) is 0 Å². The molecular weight excluding hydrogens is 366 g/mol. The summed E-state index contributed by atoms with van der Waals surface area (Å²) >= 11 is 0. The first kappa shape index (κ1) is 20.3. The van der Waals surface area contributed by atoms with E-state index in [9.17, 15) is 8.42 Å². The third-order valence-electron chi connectivity index (χ3n) is 4.84. The highest BCUT2D eigenvalue weighted by atomic mass is 32.2.